The van der Waals surface area contributed by atoms with Gasteiger partial charge >= 0.3 is 0 Å². The van der Waals surface area contributed by atoms with Gasteiger partial charge in [0.25, 0.3) is 0 Å². The maximum atomic E-state index is 11.1. The first-order valence-corrected chi connectivity index (χ1v) is 3.83. The van der Waals surface area contributed by atoms with Gasteiger partial charge in [0.1, 0.15) is 5.71 Å². The molecule has 0 rings (SSSR count). The van der Waals surface area contributed by atoms with Gasteiger partial charge in [0.05, 0.1) is 0 Å². The van der Waals surface area contributed by atoms with Crippen molar-refractivity contribution in [1.82, 2.24) is 5.01 Å². The van der Waals surface area contributed by atoms with Crippen LogP contribution in [0.2, 0.25) is 0 Å². The Kier molecular flexibility index (Phi) is 4.50. The van der Waals surface area contributed by atoms with Gasteiger partial charge in [0.2, 0.25) is 0 Å². The van der Waals surface area contributed by atoms with Crippen molar-refractivity contribution in [2.45, 2.75) is 26.7 Å². The van der Waals surface area contributed by atoms with Gasteiger partial charge in [-0.2, -0.15) is 5.10 Å². The van der Waals surface area contributed by atoms with Crippen LogP contribution in [0.1, 0.15) is 26.7 Å². The molecule has 0 heterocycles. The lowest BCUT2D eigenvalue weighted by molar-refractivity contribution is -0.113. The van der Waals surface area contributed by atoms with Crippen LogP contribution in [0.5, 0.6) is 0 Å². The van der Waals surface area contributed by atoms with E-state index >= 15 is 0 Å². The van der Waals surface area contributed by atoms with Gasteiger partial charge < -0.3 is 5.01 Å². The standard InChI is InChI=1S/C8H16N2O/c1-5-6-8(11)7(2)9-10(3)4/h5-6H2,1-4H3. The highest BCUT2D eigenvalue weighted by atomic mass is 16.1. The first kappa shape index (κ1) is 10.1. The molecule has 11 heavy (non-hydrogen) atoms. The van der Waals surface area contributed by atoms with E-state index in [1.54, 1.807) is 11.9 Å². The minimum absolute atomic E-state index is 0.140. The Balaban J connectivity index is 4.01. The zero-order valence-corrected chi connectivity index (χ0v) is 7.72. The Morgan fingerprint density at radius 1 is 1.45 bits per heavy atom. The SMILES string of the molecule is CCCC(=O)C(C)=NN(C)C. The molecule has 3 nitrogen and oxygen atoms in total. The molecule has 0 aromatic heterocycles. The highest BCUT2D eigenvalue weighted by molar-refractivity contribution is 6.38. The van der Waals surface area contributed by atoms with Crippen molar-refractivity contribution in [3.05, 3.63) is 0 Å². The summed E-state index contributed by atoms with van der Waals surface area (Å²) in [7, 11) is 3.62. The number of carbonyl (C=O) groups is 1. The van der Waals surface area contributed by atoms with Crippen molar-refractivity contribution in [2.75, 3.05) is 14.1 Å². The van der Waals surface area contributed by atoms with Gasteiger partial charge in [0, 0.05) is 20.5 Å². The monoisotopic (exact) mass is 156 g/mol. The number of rotatable bonds is 4. The van der Waals surface area contributed by atoms with E-state index in [1.165, 1.54) is 0 Å². The van der Waals surface area contributed by atoms with Crippen LogP contribution in [-0.4, -0.2) is 30.6 Å². The lowest BCUT2D eigenvalue weighted by atomic mass is 10.2. The molecule has 3 heteroatoms. The Hall–Kier alpha value is -0.860. The summed E-state index contributed by atoms with van der Waals surface area (Å²) in [5.74, 6) is 0.140. The Labute approximate surface area is 68.1 Å². The summed E-state index contributed by atoms with van der Waals surface area (Å²) in [6, 6.07) is 0. The average Bonchev–Trinajstić information content (AvgIpc) is 1.86. The van der Waals surface area contributed by atoms with E-state index in [2.05, 4.69) is 5.10 Å². The second-order valence-corrected chi connectivity index (χ2v) is 2.71. The zero-order chi connectivity index (χ0) is 8.85. The fraction of sp³-hybridized carbons (Fsp3) is 0.750. The van der Waals surface area contributed by atoms with Crippen molar-refractivity contribution in [3.63, 3.8) is 0 Å². The molecule has 0 saturated heterocycles. The maximum Gasteiger partial charge on any atom is 0.178 e. The number of hydrogen-bond donors (Lipinski definition) is 0. The minimum atomic E-state index is 0.140. The molecule has 0 atom stereocenters. The number of nitrogens with zero attached hydrogens (tertiary/aromatic N) is 2. The third kappa shape index (κ3) is 4.53. The van der Waals surface area contributed by atoms with Crippen LogP contribution in [0.25, 0.3) is 0 Å². The molecule has 64 valence electrons. The van der Waals surface area contributed by atoms with E-state index in [9.17, 15) is 4.79 Å². The lowest BCUT2D eigenvalue weighted by Crippen LogP contribution is -2.14. The van der Waals surface area contributed by atoms with Crippen molar-refractivity contribution in [3.8, 4) is 0 Å². The maximum absolute atomic E-state index is 11.1. The predicted octanol–water partition coefficient (Wildman–Crippen LogP) is 1.29. The molecule has 0 spiro atoms. The van der Waals surface area contributed by atoms with Crippen LogP contribution in [0.3, 0.4) is 0 Å². The van der Waals surface area contributed by atoms with Crippen LogP contribution >= 0.6 is 0 Å². The molecule has 0 aliphatic rings. The van der Waals surface area contributed by atoms with Gasteiger partial charge in [-0.1, -0.05) is 6.92 Å². The topological polar surface area (TPSA) is 32.7 Å². The van der Waals surface area contributed by atoms with Crippen molar-refractivity contribution in [1.29, 1.82) is 0 Å². The van der Waals surface area contributed by atoms with Gasteiger partial charge in [0.15, 0.2) is 5.78 Å². The highest BCUT2D eigenvalue weighted by Crippen LogP contribution is 1.92. The smallest absolute Gasteiger partial charge is 0.178 e. The first-order chi connectivity index (χ1) is 5.07. The summed E-state index contributed by atoms with van der Waals surface area (Å²) in [5, 5.41) is 5.64. The molecule has 0 fully saturated rings. The molecule has 0 saturated carbocycles. The fourth-order valence-electron chi connectivity index (χ4n) is 0.764. The zero-order valence-electron chi connectivity index (χ0n) is 7.72. The molecule has 0 unspecified atom stereocenters. The number of hydrazone groups is 1. The average molecular weight is 156 g/mol. The molecule has 0 bridgehead atoms. The molecule has 0 N–H and O–H groups in total. The molecule has 0 aromatic rings. The second-order valence-electron chi connectivity index (χ2n) is 2.71. The van der Waals surface area contributed by atoms with Gasteiger partial charge in [-0.05, 0) is 13.3 Å². The van der Waals surface area contributed by atoms with E-state index in [0.29, 0.717) is 12.1 Å². The van der Waals surface area contributed by atoms with Gasteiger partial charge in [-0.25, -0.2) is 0 Å². The normalized spacial score (nSPS) is 11.5. The summed E-state index contributed by atoms with van der Waals surface area (Å²) in [5.41, 5.74) is 0.594. The Bertz CT molecular complexity index is 161. The van der Waals surface area contributed by atoms with Crippen molar-refractivity contribution < 1.29 is 4.79 Å². The van der Waals surface area contributed by atoms with E-state index in [0.717, 1.165) is 6.42 Å². The summed E-state index contributed by atoms with van der Waals surface area (Å²) in [6.45, 7) is 3.73. The van der Waals surface area contributed by atoms with Crippen LogP contribution in [0, 0.1) is 0 Å². The third-order valence-corrected chi connectivity index (χ3v) is 1.23. The predicted molar refractivity (Wildman–Crippen MR) is 46.7 cm³/mol. The van der Waals surface area contributed by atoms with Gasteiger partial charge in [-0.3, -0.25) is 4.79 Å². The molecular weight excluding hydrogens is 140 g/mol. The Morgan fingerprint density at radius 3 is 2.36 bits per heavy atom. The number of Topliss-reactive ketones (excluding diaryl/α,β-unsaturated/α-hetero) is 1. The lowest BCUT2D eigenvalue weighted by Gasteiger charge is -2.05. The third-order valence-electron chi connectivity index (χ3n) is 1.23. The summed E-state index contributed by atoms with van der Waals surface area (Å²) >= 11 is 0. The van der Waals surface area contributed by atoms with E-state index in [-0.39, 0.29) is 5.78 Å². The van der Waals surface area contributed by atoms with E-state index < -0.39 is 0 Å². The van der Waals surface area contributed by atoms with Crippen LogP contribution in [0.4, 0.5) is 0 Å². The molecule has 0 amide bonds. The fourth-order valence-corrected chi connectivity index (χ4v) is 0.764. The van der Waals surface area contributed by atoms with Crippen molar-refractivity contribution >= 4 is 11.5 Å². The van der Waals surface area contributed by atoms with E-state index in [1.807, 2.05) is 21.0 Å². The minimum Gasteiger partial charge on any atom is -0.303 e. The number of carbonyl (C=O) groups excluding carboxylic acids is 1. The second kappa shape index (κ2) is 4.88. The molecular formula is C8H16N2O. The Morgan fingerprint density at radius 2 is 2.00 bits per heavy atom. The summed E-state index contributed by atoms with van der Waals surface area (Å²) < 4.78 is 0. The quantitative estimate of drug-likeness (QED) is 0.454. The highest BCUT2D eigenvalue weighted by Gasteiger charge is 2.03. The summed E-state index contributed by atoms with van der Waals surface area (Å²) in [4.78, 5) is 11.1. The number of ketones is 1. The van der Waals surface area contributed by atoms with Crippen LogP contribution in [0.15, 0.2) is 5.10 Å². The summed E-state index contributed by atoms with van der Waals surface area (Å²) in [6.07, 6.45) is 1.49. The van der Waals surface area contributed by atoms with Crippen LogP contribution in [-0.2, 0) is 4.79 Å². The van der Waals surface area contributed by atoms with Crippen molar-refractivity contribution in [2.24, 2.45) is 5.10 Å². The molecule has 0 aliphatic heterocycles. The first-order valence-electron chi connectivity index (χ1n) is 3.83. The number of hydrogen-bond acceptors (Lipinski definition) is 3. The molecule has 0 aliphatic carbocycles. The molecule has 0 radical (unpaired) electrons. The van der Waals surface area contributed by atoms with Crippen LogP contribution < -0.4 is 0 Å². The van der Waals surface area contributed by atoms with E-state index in [4.69, 9.17) is 0 Å². The largest absolute Gasteiger partial charge is 0.303 e. The molecule has 0 aromatic carbocycles. The van der Waals surface area contributed by atoms with Gasteiger partial charge in [-0.15, -0.1) is 0 Å².